The Kier molecular flexibility index (Phi) is 5.78. The molecule has 0 aromatic heterocycles. The Morgan fingerprint density at radius 1 is 1.41 bits per heavy atom. The molecule has 0 aliphatic carbocycles. The number of carbonyl (C=O) groups is 2. The summed E-state index contributed by atoms with van der Waals surface area (Å²) >= 11 is 5.73. The van der Waals surface area contributed by atoms with Crippen molar-refractivity contribution in [2.24, 2.45) is 5.73 Å². The normalized spacial score (nSPS) is 12.8. The van der Waals surface area contributed by atoms with Gasteiger partial charge in [0.05, 0.1) is 10.6 Å². The van der Waals surface area contributed by atoms with E-state index in [4.69, 9.17) is 22.4 Å². The lowest BCUT2D eigenvalue weighted by atomic mass is 10.1. The number of alkyl halides is 3. The van der Waals surface area contributed by atoms with Gasteiger partial charge in [-0.05, 0) is 18.6 Å². The fourth-order valence-corrected chi connectivity index (χ4v) is 2.08. The third-order valence-electron chi connectivity index (χ3n) is 3.04. The Labute approximate surface area is 129 Å². The first kappa shape index (κ1) is 18.2. The Hall–Kier alpha value is -1.80. The summed E-state index contributed by atoms with van der Waals surface area (Å²) in [4.78, 5) is 23.3. The van der Waals surface area contributed by atoms with Gasteiger partial charge in [-0.2, -0.15) is 13.2 Å². The van der Waals surface area contributed by atoms with Crippen LogP contribution >= 0.6 is 11.6 Å². The van der Waals surface area contributed by atoms with Crippen LogP contribution in [0.25, 0.3) is 0 Å². The predicted molar refractivity (Wildman–Crippen MR) is 73.2 cm³/mol. The maximum absolute atomic E-state index is 12.8. The number of amides is 1. The van der Waals surface area contributed by atoms with Crippen molar-refractivity contribution in [2.75, 3.05) is 6.54 Å². The van der Waals surface area contributed by atoms with Gasteiger partial charge in [0.25, 0.3) is 0 Å². The minimum absolute atomic E-state index is 0.00797. The molecule has 0 saturated carbocycles. The molecule has 0 aliphatic heterocycles. The Morgan fingerprint density at radius 3 is 2.45 bits per heavy atom. The number of hydrogen-bond donors (Lipinski definition) is 2. The second-order valence-electron chi connectivity index (χ2n) is 4.60. The van der Waals surface area contributed by atoms with Gasteiger partial charge in [0.2, 0.25) is 0 Å². The van der Waals surface area contributed by atoms with E-state index in [1.807, 2.05) is 0 Å². The van der Waals surface area contributed by atoms with Gasteiger partial charge in [-0.25, -0.2) is 4.79 Å². The second-order valence-corrected chi connectivity index (χ2v) is 4.98. The molecule has 0 saturated heterocycles. The highest BCUT2D eigenvalue weighted by Crippen LogP contribution is 2.36. The summed E-state index contributed by atoms with van der Waals surface area (Å²) in [6, 6.07) is 2.57. The highest BCUT2D eigenvalue weighted by atomic mass is 35.5. The third kappa shape index (κ3) is 4.11. The SMILES string of the molecule is CC(CN)N(Cc1cccc(C(F)(F)F)c1Cl)C(=O)C(=O)O. The molecule has 1 amide bonds. The van der Waals surface area contributed by atoms with Gasteiger partial charge >= 0.3 is 18.1 Å². The average molecular weight is 339 g/mol. The molecule has 0 spiro atoms. The zero-order valence-corrected chi connectivity index (χ0v) is 12.3. The Bertz CT molecular complexity index is 578. The van der Waals surface area contributed by atoms with E-state index in [0.717, 1.165) is 17.0 Å². The van der Waals surface area contributed by atoms with Crippen molar-refractivity contribution in [1.29, 1.82) is 0 Å². The van der Waals surface area contributed by atoms with Crippen LogP contribution in [0, 0.1) is 0 Å². The summed E-state index contributed by atoms with van der Waals surface area (Å²) in [6.45, 7) is 1.06. The minimum atomic E-state index is -4.64. The van der Waals surface area contributed by atoms with E-state index in [9.17, 15) is 22.8 Å². The summed E-state index contributed by atoms with van der Waals surface area (Å²) in [7, 11) is 0. The number of hydrogen-bond acceptors (Lipinski definition) is 3. The fraction of sp³-hybridized carbons (Fsp3) is 0.385. The van der Waals surface area contributed by atoms with Crippen molar-refractivity contribution in [3.63, 3.8) is 0 Å². The number of halogens is 4. The molecule has 1 unspecified atom stereocenters. The summed E-state index contributed by atoms with van der Waals surface area (Å²) in [5, 5.41) is 8.22. The van der Waals surface area contributed by atoms with Crippen molar-refractivity contribution in [3.8, 4) is 0 Å². The zero-order chi connectivity index (χ0) is 17.1. The van der Waals surface area contributed by atoms with Crippen LogP contribution in [0.5, 0.6) is 0 Å². The first-order chi connectivity index (χ1) is 10.1. The molecule has 5 nitrogen and oxygen atoms in total. The fourth-order valence-electron chi connectivity index (χ4n) is 1.78. The van der Waals surface area contributed by atoms with Crippen molar-refractivity contribution in [3.05, 3.63) is 34.3 Å². The van der Waals surface area contributed by atoms with E-state index in [0.29, 0.717) is 0 Å². The van der Waals surface area contributed by atoms with Crippen LogP contribution in [0.3, 0.4) is 0 Å². The van der Waals surface area contributed by atoms with E-state index in [2.05, 4.69) is 0 Å². The topological polar surface area (TPSA) is 83.6 Å². The van der Waals surface area contributed by atoms with E-state index in [1.54, 1.807) is 0 Å². The highest BCUT2D eigenvalue weighted by Gasteiger charge is 2.34. The molecule has 0 bridgehead atoms. The zero-order valence-electron chi connectivity index (χ0n) is 11.5. The van der Waals surface area contributed by atoms with E-state index in [-0.39, 0.29) is 18.7 Å². The summed E-state index contributed by atoms with van der Waals surface area (Å²) in [5.74, 6) is -2.98. The molecule has 1 atom stereocenters. The number of carboxylic acid groups (broad SMARTS) is 1. The highest BCUT2D eigenvalue weighted by molar-refractivity contribution is 6.32. The minimum Gasteiger partial charge on any atom is -0.474 e. The molecule has 0 aliphatic rings. The van der Waals surface area contributed by atoms with E-state index in [1.165, 1.54) is 13.0 Å². The largest absolute Gasteiger partial charge is 0.474 e. The summed E-state index contributed by atoms with van der Waals surface area (Å²) in [6.07, 6.45) is -4.64. The van der Waals surface area contributed by atoms with Crippen LogP contribution in [0.4, 0.5) is 13.2 Å². The lowest BCUT2D eigenvalue weighted by Crippen LogP contribution is -2.45. The van der Waals surface area contributed by atoms with Crippen LogP contribution in [-0.2, 0) is 22.3 Å². The lowest BCUT2D eigenvalue weighted by Gasteiger charge is -2.27. The van der Waals surface area contributed by atoms with Crippen molar-refractivity contribution >= 4 is 23.5 Å². The van der Waals surface area contributed by atoms with Gasteiger partial charge in [0.1, 0.15) is 0 Å². The van der Waals surface area contributed by atoms with Crippen LogP contribution in [0.1, 0.15) is 18.1 Å². The van der Waals surface area contributed by atoms with Crippen LogP contribution in [-0.4, -0.2) is 34.5 Å². The third-order valence-corrected chi connectivity index (χ3v) is 3.49. The molecular formula is C13H14ClF3N2O3. The standard InChI is InChI=1S/C13H14ClF3N2O3/c1-7(5-18)19(11(20)12(21)22)6-8-3-2-4-9(10(8)14)13(15,16)17/h2-4,7H,5-6,18H2,1H3,(H,21,22). The van der Waals surface area contributed by atoms with Crippen LogP contribution in [0.15, 0.2) is 18.2 Å². The molecule has 0 fully saturated rings. The van der Waals surface area contributed by atoms with Gasteiger partial charge in [-0.15, -0.1) is 0 Å². The lowest BCUT2D eigenvalue weighted by molar-refractivity contribution is -0.157. The molecule has 22 heavy (non-hydrogen) atoms. The number of nitrogens with two attached hydrogens (primary N) is 1. The number of nitrogens with zero attached hydrogens (tertiary/aromatic N) is 1. The average Bonchev–Trinajstić information content (AvgIpc) is 2.43. The second kappa shape index (κ2) is 6.97. The Morgan fingerprint density at radius 2 is 2.00 bits per heavy atom. The molecule has 9 heteroatoms. The number of benzene rings is 1. The van der Waals surface area contributed by atoms with Gasteiger partial charge in [-0.1, -0.05) is 23.7 Å². The van der Waals surface area contributed by atoms with Crippen molar-refractivity contribution < 1.29 is 27.9 Å². The predicted octanol–water partition coefficient (Wildman–Crippen LogP) is 2.12. The number of aliphatic carboxylic acids is 1. The molecule has 122 valence electrons. The van der Waals surface area contributed by atoms with Crippen molar-refractivity contribution in [2.45, 2.75) is 25.7 Å². The van der Waals surface area contributed by atoms with Crippen LogP contribution in [0.2, 0.25) is 5.02 Å². The maximum Gasteiger partial charge on any atom is 0.417 e. The molecule has 1 rings (SSSR count). The Balaban J connectivity index is 3.20. The van der Waals surface area contributed by atoms with Crippen LogP contribution < -0.4 is 5.73 Å². The van der Waals surface area contributed by atoms with Gasteiger partial charge in [-0.3, -0.25) is 4.79 Å². The van der Waals surface area contributed by atoms with E-state index >= 15 is 0 Å². The quantitative estimate of drug-likeness (QED) is 0.824. The van der Waals surface area contributed by atoms with Gasteiger partial charge in [0, 0.05) is 19.1 Å². The molecule has 3 N–H and O–H groups in total. The number of rotatable bonds is 4. The smallest absolute Gasteiger partial charge is 0.417 e. The monoisotopic (exact) mass is 338 g/mol. The molecule has 0 radical (unpaired) electrons. The molecular weight excluding hydrogens is 325 g/mol. The molecule has 1 aromatic rings. The number of carbonyl (C=O) groups excluding carboxylic acids is 1. The van der Waals surface area contributed by atoms with E-state index < -0.39 is 34.7 Å². The first-order valence-corrected chi connectivity index (χ1v) is 6.56. The van der Waals surface area contributed by atoms with Gasteiger partial charge in [0.15, 0.2) is 0 Å². The first-order valence-electron chi connectivity index (χ1n) is 6.18. The molecule has 0 heterocycles. The summed E-state index contributed by atoms with van der Waals surface area (Å²) < 4.78 is 38.4. The van der Waals surface area contributed by atoms with Gasteiger partial charge < -0.3 is 15.7 Å². The van der Waals surface area contributed by atoms with Crippen molar-refractivity contribution in [1.82, 2.24) is 4.90 Å². The molecule has 1 aromatic carbocycles. The maximum atomic E-state index is 12.8. The summed E-state index contributed by atoms with van der Waals surface area (Å²) in [5.41, 5.74) is 4.35. The number of carboxylic acids is 1.